The van der Waals surface area contributed by atoms with Crippen LogP contribution < -0.4 is 10.6 Å². The van der Waals surface area contributed by atoms with Gasteiger partial charge in [-0.1, -0.05) is 12.1 Å². The van der Waals surface area contributed by atoms with E-state index >= 15 is 0 Å². The molecule has 0 unspecified atom stereocenters. The van der Waals surface area contributed by atoms with Crippen LogP contribution in [0.2, 0.25) is 0 Å². The summed E-state index contributed by atoms with van der Waals surface area (Å²) in [5.41, 5.74) is 1.07. The fourth-order valence-electron chi connectivity index (χ4n) is 3.03. The van der Waals surface area contributed by atoms with Gasteiger partial charge in [0.1, 0.15) is 5.82 Å². The van der Waals surface area contributed by atoms with Gasteiger partial charge in [-0.25, -0.2) is 4.39 Å². The Kier molecular flexibility index (Phi) is 3.04. The Hall–Kier alpha value is -1.42. The number of amides is 1. The lowest BCUT2D eigenvalue weighted by atomic mass is 9.94. The largest absolute Gasteiger partial charge is 0.356 e. The minimum Gasteiger partial charge on any atom is -0.356 e. The molecule has 2 aliphatic heterocycles. The topological polar surface area (TPSA) is 41.1 Å². The van der Waals surface area contributed by atoms with E-state index in [1.165, 1.54) is 12.1 Å². The molecule has 2 N–H and O–H groups in total. The molecule has 18 heavy (non-hydrogen) atoms. The molecule has 3 nitrogen and oxygen atoms in total. The van der Waals surface area contributed by atoms with Crippen LogP contribution in [0.5, 0.6) is 0 Å². The first-order valence-electron chi connectivity index (χ1n) is 6.53. The molecule has 2 heterocycles. The lowest BCUT2D eigenvalue weighted by Crippen LogP contribution is -2.34. The molecule has 0 spiro atoms. The van der Waals surface area contributed by atoms with Crippen molar-refractivity contribution in [3.05, 3.63) is 35.6 Å². The van der Waals surface area contributed by atoms with Gasteiger partial charge in [-0.2, -0.15) is 0 Å². The summed E-state index contributed by atoms with van der Waals surface area (Å²) in [6.07, 6.45) is 2.86. The fourth-order valence-corrected chi connectivity index (χ4v) is 3.03. The van der Waals surface area contributed by atoms with Crippen molar-refractivity contribution >= 4 is 5.91 Å². The highest BCUT2D eigenvalue weighted by Crippen LogP contribution is 2.34. The average molecular weight is 248 g/mol. The molecule has 2 fully saturated rings. The minimum atomic E-state index is -0.219. The molecule has 3 atom stereocenters. The van der Waals surface area contributed by atoms with E-state index in [9.17, 15) is 9.18 Å². The smallest absolute Gasteiger partial charge is 0.224 e. The number of fused-ring (bicyclic) bond motifs is 1. The molecule has 2 aliphatic rings. The summed E-state index contributed by atoms with van der Waals surface area (Å²) in [6.45, 7) is 0.786. The summed E-state index contributed by atoms with van der Waals surface area (Å²) >= 11 is 0. The molecule has 2 saturated heterocycles. The van der Waals surface area contributed by atoms with Gasteiger partial charge in [0.2, 0.25) is 5.91 Å². The quantitative estimate of drug-likeness (QED) is 0.795. The number of hydrogen-bond acceptors (Lipinski definition) is 2. The number of benzene rings is 1. The molecule has 1 amide bonds. The summed E-state index contributed by atoms with van der Waals surface area (Å²) < 4.78 is 12.9. The number of halogens is 1. The summed E-state index contributed by atoms with van der Waals surface area (Å²) in [7, 11) is 0. The lowest BCUT2D eigenvalue weighted by Gasteiger charge is -2.14. The van der Waals surface area contributed by atoms with E-state index in [1.54, 1.807) is 12.1 Å². The van der Waals surface area contributed by atoms with Crippen molar-refractivity contribution in [2.75, 3.05) is 6.54 Å². The fraction of sp³-hybridized carbons (Fsp3) is 0.500. The number of rotatable bonds is 1. The van der Waals surface area contributed by atoms with E-state index in [0.717, 1.165) is 31.4 Å². The molecule has 4 heteroatoms. The van der Waals surface area contributed by atoms with Crippen LogP contribution in [-0.2, 0) is 4.79 Å². The van der Waals surface area contributed by atoms with Gasteiger partial charge < -0.3 is 10.6 Å². The predicted octanol–water partition coefficient (Wildman–Crippen LogP) is 1.75. The monoisotopic (exact) mass is 248 g/mol. The first-order valence-corrected chi connectivity index (χ1v) is 6.53. The highest BCUT2D eigenvalue weighted by molar-refractivity contribution is 5.80. The minimum absolute atomic E-state index is 0.0579. The van der Waals surface area contributed by atoms with E-state index in [-0.39, 0.29) is 29.7 Å². The summed E-state index contributed by atoms with van der Waals surface area (Å²) in [6, 6.07) is 7.00. The third-order valence-electron chi connectivity index (χ3n) is 3.99. The Morgan fingerprint density at radius 3 is 2.78 bits per heavy atom. The molecule has 0 saturated carbocycles. The Morgan fingerprint density at radius 1 is 1.22 bits per heavy atom. The van der Waals surface area contributed by atoms with Crippen molar-refractivity contribution in [3.63, 3.8) is 0 Å². The Balaban J connectivity index is 1.78. The molecule has 3 rings (SSSR count). The predicted molar refractivity (Wildman–Crippen MR) is 66.4 cm³/mol. The molecule has 0 bridgehead atoms. The van der Waals surface area contributed by atoms with Crippen LogP contribution in [0.1, 0.15) is 30.9 Å². The van der Waals surface area contributed by atoms with Crippen LogP contribution >= 0.6 is 0 Å². The first kappa shape index (κ1) is 11.7. The van der Waals surface area contributed by atoms with Crippen molar-refractivity contribution in [1.29, 1.82) is 0 Å². The van der Waals surface area contributed by atoms with Crippen molar-refractivity contribution < 1.29 is 9.18 Å². The molecular formula is C14H17FN2O. The molecule has 1 aromatic rings. The van der Waals surface area contributed by atoms with Crippen molar-refractivity contribution in [2.45, 2.75) is 31.3 Å². The van der Waals surface area contributed by atoms with Gasteiger partial charge in [0, 0.05) is 18.6 Å². The van der Waals surface area contributed by atoms with Gasteiger partial charge in [-0.05, 0) is 37.0 Å². The summed E-state index contributed by atoms with van der Waals surface area (Å²) in [5.74, 6) is 0.000807. The van der Waals surface area contributed by atoms with Gasteiger partial charge in [0.25, 0.3) is 0 Å². The standard InChI is InChI=1S/C14H17FN2O/c15-10-5-3-9(4-6-10)13-8-11-12(17-13)2-1-7-16-14(11)18/h3-6,11-13,17H,1-2,7-8H2,(H,16,18)/t11-,12+,13+/m1/s1. The molecule has 0 radical (unpaired) electrons. The molecule has 0 aliphatic carbocycles. The normalized spacial score (nSPS) is 31.6. The maximum absolute atomic E-state index is 12.9. The zero-order valence-corrected chi connectivity index (χ0v) is 10.2. The third-order valence-corrected chi connectivity index (χ3v) is 3.99. The second kappa shape index (κ2) is 4.69. The Bertz CT molecular complexity index is 446. The molecule has 0 aromatic heterocycles. The number of nitrogens with one attached hydrogen (secondary N) is 2. The van der Waals surface area contributed by atoms with E-state index in [1.807, 2.05) is 0 Å². The van der Waals surface area contributed by atoms with Gasteiger partial charge in [-0.3, -0.25) is 4.79 Å². The van der Waals surface area contributed by atoms with Crippen LogP contribution in [0.15, 0.2) is 24.3 Å². The van der Waals surface area contributed by atoms with Crippen LogP contribution in [0, 0.1) is 11.7 Å². The highest BCUT2D eigenvalue weighted by atomic mass is 19.1. The summed E-state index contributed by atoms with van der Waals surface area (Å²) in [5, 5.41) is 6.47. The maximum atomic E-state index is 12.9. The lowest BCUT2D eigenvalue weighted by molar-refractivity contribution is -0.124. The van der Waals surface area contributed by atoms with Crippen molar-refractivity contribution in [3.8, 4) is 0 Å². The second-order valence-corrected chi connectivity index (χ2v) is 5.15. The van der Waals surface area contributed by atoms with E-state index in [2.05, 4.69) is 10.6 Å². The van der Waals surface area contributed by atoms with Crippen LogP contribution in [0.3, 0.4) is 0 Å². The van der Waals surface area contributed by atoms with Gasteiger partial charge in [0.05, 0.1) is 5.92 Å². The molecule has 96 valence electrons. The number of hydrogen-bond donors (Lipinski definition) is 2. The van der Waals surface area contributed by atoms with E-state index in [4.69, 9.17) is 0 Å². The first-order chi connectivity index (χ1) is 8.74. The van der Waals surface area contributed by atoms with Crippen LogP contribution in [-0.4, -0.2) is 18.5 Å². The maximum Gasteiger partial charge on any atom is 0.224 e. The summed E-state index contributed by atoms with van der Waals surface area (Å²) in [4.78, 5) is 11.9. The van der Waals surface area contributed by atoms with Gasteiger partial charge >= 0.3 is 0 Å². The van der Waals surface area contributed by atoms with Gasteiger partial charge in [-0.15, -0.1) is 0 Å². The number of carbonyl (C=O) groups is 1. The SMILES string of the molecule is O=C1NCCC[C@@H]2N[C@H](c3ccc(F)cc3)C[C@@H]12. The van der Waals surface area contributed by atoms with Crippen LogP contribution in [0.4, 0.5) is 4.39 Å². The zero-order valence-electron chi connectivity index (χ0n) is 10.2. The highest BCUT2D eigenvalue weighted by Gasteiger charge is 2.39. The average Bonchev–Trinajstić information content (AvgIpc) is 2.72. The third kappa shape index (κ3) is 2.12. The molecular weight excluding hydrogens is 231 g/mol. The second-order valence-electron chi connectivity index (χ2n) is 5.15. The zero-order chi connectivity index (χ0) is 12.5. The number of carbonyl (C=O) groups excluding carboxylic acids is 1. The Labute approximate surface area is 106 Å². The van der Waals surface area contributed by atoms with E-state index in [0.29, 0.717) is 0 Å². The van der Waals surface area contributed by atoms with Crippen molar-refractivity contribution in [2.24, 2.45) is 5.92 Å². The van der Waals surface area contributed by atoms with Crippen LogP contribution in [0.25, 0.3) is 0 Å². The van der Waals surface area contributed by atoms with Crippen molar-refractivity contribution in [1.82, 2.24) is 10.6 Å². The molecule has 1 aromatic carbocycles. The van der Waals surface area contributed by atoms with E-state index < -0.39 is 0 Å². The van der Waals surface area contributed by atoms with Gasteiger partial charge in [0.15, 0.2) is 0 Å². The Morgan fingerprint density at radius 2 is 2.00 bits per heavy atom.